The number of aromatic nitrogens is 1. The normalized spacial score (nSPS) is 14.5. The maximum Gasteiger partial charge on any atom is 0.271 e. The van der Waals surface area contributed by atoms with Crippen molar-refractivity contribution >= 4 is 29.0 Å². The number of carbonyl (C=O) groups excluding carboxylic acids is 1. The number of methoxy groups -OCH3 is 1. The van der Waals surface area contributed by atoms with Crippen LogP contribution in [0.25, 0.3) is 6.08 Å². The molecule has 0 saturated carbocycles. The second kappa shape index (κ2) is 12.5. The molecule has 1 aliphatic heterocycles. The Labute approximate surface area is 256 Å². The molecule has 44 heavy (non-hydrogen) atoms. The van der Waals surface area contributed by atoms with Crippen molar-refractivity contribution in [2.45, 2.75) is 19.6 Å². The molecule has 0 unspecified atom stereocenters. The summed E-state index contributed by atoms with van der Waals surface area (Å²) in [6.45, 7) is 1.81. The Morgan fingerprint density at radius 1 is 0.977 bits per heavy atom. The van der Waals surface area contributed by atoms with Crippen LogP contribution < -0.4 is 29.7 Å². The number of rotatable bonds is 8. The number of hydrogen-bond acceptors (Lipinski definition) is 6. The van der Waals surface area contributed by atoms with E-state index in [0.717, 1.165) is 5.56 Å². The van der Waals surface area contributed by atoms with Gasteiger partial charge in [-0.05, 0) is 55.0 Å². The van der Waals surface area contributed by atoms with Crippen LogP contribution in [-0.2, 0) is 11.4 Å². The largest absolute Gasteiger partial charge is 0.497 e. The molecule has 0 fully saturated rings. The predicted molar refractivity (Wildman–Crippen MR) is 169 cm³/mol. The van der Waals surface area contributed by atoms with E-state index in [-0.39, 0.29) is 23.9 Å². The van der Waals surface area contributed by atoms with Crippen LogP contribution in [0.2, 0.25) is 0 Å². The summed E-state index contributed by atoms with van der Waals surface area (Å²) in [4.78, 5) is 33.0. The minimum absolute atomic E-state index is 0.0370. The molecule has 9 heteroatoms. The number of allylic oxidation sites excluding steroid dienone is 1. The van der Waals surface area contributed by atoms with Gasteiger partial charge in [0.25, 0.3) is 11.5 Å². The minimum atomic E-state index is -0.726. The van der Waals surface area contributed by atoms with Crippen LogP contribution >= 0.6 is 11.3 Å². The highest BCUT2D eigenvalue weighted by atomic mass is 32.1. The van der Waals surface area contributed by atoms with Crippen LogP contribution in [0.5, 0.6) is 11.5 Å². The lowest BCUT2D eigenvalue weighted by atomic mass is 9.95. The van der Waals surface area contributed by atoms with Crippen molar-refractivity contribution in [2.24, 2.45) is 4.99 Å². The first-order valence-electron chi connectivity index (χ1n) is 13.9. The van der Waals surface area contributed by atoms with E-state index in [0.29, 0.717) is 48.9 Å². The number of amides is 1. The van der Waals surface area contributed by atoms with Crippen molar-refractivity contribution in [3.63, 3.8) is 0 Å². The summed E-state index contributed by atoms with van der Waals surface area (Å²) < 4.78 is 27.5. The fraction of sp³-hybridized carbons (Fsp3) is 0.114. The molecule has 0 radical (unpaired) electrons. The molecule has 1 atom stereocenters. The van der Waals surface area contributed by atoms with Gasteiger partial charge in [-0.3, -0.25) is 14.2 Å². The highest BCUT2D eigenvalue weighted by molar-refractivity contribution is 7.07. The molecule has 220 valence electrons. The fourth-order valence-electron chi connectivity index (χ4n) is 5.08. The molecule has 1 amide bonds. The summed E-state index contributed by atoms with van der Waals surface area (Å²) >= 11 is 1.23. The summed E-state index contributed by atoms with van der Waals surface area (Å²) in [6, 6.07) is 29.4. The average molecular weight is 606 g/mol. The molecule has 0 aliphatic carbocycles. The van der Waals surface area contributed by atoms with Gasteiger partial charge in [0.05, 0.1) is 29.0 Å². The number of anilines is 1. The number of para-hydroxylation sites is 2. The van der Waals surface area contributed by atoms with Crippen molar-refractivity contribution in [1.29, 1.82) is 0 Å². The average Bonchev–Trinajstić information content (AvgIpc) is 3.34. The van der Waals surface area contributed by atoms with Gasteiger partial charge in [-0.2, -0.15) is 0 Å². The number of nitrogens with zero attached hydrogens (tertiary/aromatic N) is 2. The first-order chi connectivity index (χ1) is 21.4. The van der Waals surface area contributed by atoms with Crippen molar-refractivity contribution in [2.75, 3.05) is 12.4 Å². The van der Waals surface area contributed by atoms with Crippen LogP contribution in [0.1, 0.15) is 29.7 Å². The first kappa shape index (κ1) is 28.8. The van der Waals surface area contributed by atoms with Crippen molar-refractivity contribution in [1.82, 2.24) is 4.57 Å². The van der Waals surface area contributed by atoms with Crippen LogP contribution in [0.3, 0.4) is 0 Å². The van der Waals surface area contributed by atoms with Gasteiger partial charge in [-0.15, -0.1) is 0 Å². The Hall–Kier alpha value is -5.28. The third kappa shape index (κ3) is 5.82. The molecule has 6 rings (SSSR count). The smallest absolute Gasteiger partial charge is 0.271 e. The van der Waals surface area contributed by atoms with E-state index in [1.165, 1.54) is 17.4 Å². The van der Waals surface area contributed by atoms with E-state index in [1.54, 1.807) is 73.2 Å². The zero-order chi connectivity index (χ0) is 30.6. The third-order valence-electron chi connectivity index (χ3n) is 7.28. The highest BCUT2D eigenvalue weighted by Crippen LogP contribution is 2.32. The highest BCUT2D eigenvalue weighted by Gasteiger charge is 2.32. The van der Waals surface area contributed by atoms with Gasteiger partial charge in [-0.25, -0.2) is 9.38 Å². The number of halogens is 1. The van der Waals surface area contributed by atoms with Gasteiger partial charge < -0.3 is 14.8 Å². The molecule has 0 bridgehead atoms. The Bertz CT molecular complexity index is 2050. The maximum atomic E-state index is 14.2. The molecule has 2 heterocycles. The van der Waals surface area contributed by atoms with Crippen molar-refractivity contribution in [3.8, 4) is 11.5 Å². The van der Waals surface area contributed by atoms with E-state index in [2.05, 4.69) is 5.32 Å². The summed E-state index contributed by atoms with van der Waals surface area (Å²) in [6.07, 6.45) is 1.74. The summed E-state index contributed by atoms with van der Waals surface area (Å²) in [7, 11) is 1.58. The lowest BCUT2D eigenvalue weighted by Crippen LogP contribution is -2.40. The van der Waals surface area contributed by atoms with E-state index in [9.17, 15) is 14.0 Å². The molecule has 1 aromatic heterocycles. The molecule has 1 aliphatic rings. The fourth-order valence-corrected chi connectivity index (χ4v) is 6.11. The topological polar surface area (TPSA) is 81.9 Å². The second-order valence-electron chi connectivity index (χ2n) is 10.1. The van der Waals surface area contributed by atoms with E-state index in [1.807, 2.05) is 48.5 Å². The number of hydrogen-bond donors (Lipinski definition) is 1. The zero-order valence-corrected chi connectivity index (χ0v) is 24.8. The second-order valence-corrected chi connectivity index (χ2v) is 11.1. The van der Waals surface area contributed by atoms with Gasteiger partial charge in [-0.1, -0.05) is 78.1 Å². The van der Waals surface area contributed by atoms with Crippen LogP contribution in [0, 0.1) is 5.82 Å². The third-order valence-corrected chi connectivity index (χ3v) is 8.26. The van der Waals surface area contributed by atoms with E-state index >= 15 is 0 Å². The van der Waals surface area contributed by atoms with Gasteiger partial charge in [0.1, 0.15) is 23.9 Å². The lowest BCUT2D eigenvalue weighted by molar-refractivity contribution is -0.113. The van der Waals surface area contributed by atoms with Crippen molar-refractivity contribution < 1.29 is 18.7 Å². The Morgan fingerprint density at radius 3 is 2.43 bits per heavy atom. The quantitative estimate of drug-likeness (QED) is 0.250. The Balaban J connectivity index is 1.43. The predicted octanol–water partition coefficient (Wildman–Crippen LogP) is 5.60. The molecule has 7 nitrogen and oxygen atoms in total. The van der Waals surface area contributed by atoms with Gasteiger partial charge in [0.2, 0.25) is 0 Å². The van der Waals surface area contributed by atoms with Crippen LogP contribution in [-0.4, -0.2) is 17.6 Å². The van der Waals surface area contributed by atoms with E-state index < -0.39 is 6.04 Å². The first-order valence-corrected chi connectivity index (χ1v) is 14.7. The molecule has 4 aromatic carbocycles. The lowest BCUT2D eigenvalue weighted by Gasteiger charge is -2.25. The number of thiazole rings is 1. The minimum Gasteiger partial charge on any atom is -0.497 e. The van der Waals surface area contributed by atoms with Crippen molar-refractivity contribution in [3.05, 3.63) is 157 Å². The number of benzene rings is 4. The van der Waals surface area contributed by atoms with Gasteiger partial charge in [0.15, 0.2) is 4.80 Å². The summed E-state index contributed by atoms with van der Waals surface area (Å²) in [5.41, 5.74) is 3.05. The number of fused-ring (bicyclic) bond motifs is 1. The SMILES string of the molecule is COc1ccc([C@@H]2C(C(=O)Nc3ccccc3)=C(C)N=c3s/c(=C/c4ccccc4OCc4ccccc4F)c(=O)n32)cc1. The molecule has 0 saturated heterocycles. The monoisotopic (exact) mass is 605 g/mol. The molecule has 5 aromatic rings. The summed E-state index contributed by atoms with van der Waals surface area (Å²) in [5, 5.41) is 2.96. The standard InChI is InChI=1S/C35H28FN3O4S/c1-22-31(33(40)38-26-12-4-3-5-13-26)32(23-16-18-27(42-2)19-17-23)39-34(41)30(44-35(39)37-22)20-24-10-7-9-15-29(24)43-21-25-11-6-8-14-28(25)36/h3-20,32H,21H2,1-2H3,(H,38,40)/b30-20+/t32-/m1/s1. The van der Waals surface area contributed by atoms with Crippen LogP contribution in [0.15, 0.2) is 124 Å². The Morgan fingerprint density at radius 2 is 1.68 bits per heavy atom. The molecule has 0 spiro atoms. The number of ether oxygens (including phenoxy) is 2. The molecular weight excluding hydrogens is 577 g/mol. The number of carbonyl (C=O) groups is 1. The molecular formula is C35H28FN3O4S. The maximum absolute atomic E-state index is 14.2. The molecule has 1 N–H and O–H groups in total. The number of nitrogens with one attached hydrogen (secondary N) is 1. The van der Waals surface area contributed by atoms with Crippen LogP contribution in [0.4, 0.5) is 10.1 Å². The summed E-state index contributed by atoms with van der Waals surface area (Å²) in [5.74, 6) is 0.468. The van der Waals surface area contributed by atoms with Gasteiger partial charge >= 0.3 is 0 Å². The Kier molecular flexibility index (Phi) is 8.21. The zero-order valence-electron chi connectivity index (χ0n) is 24.0. The van der Waals surface area contributed by atoms with Gasteiger partial charge in [0, 0.05) is 16.8 Å². The van der Waals surface area contributed by atoms with E-state index in [4.69, 9.17) is 14.5 Å².